The highest BCUT2D eigenvalue weighted by atomic mass is 16.5. The maximum absolute atomic E-state index is 9.94. The van der Waals surface area contributed by atoms with E-state index in [4.69, 9.17) is 14.1 Å². The van der Waals surface area contributed by atoms with E-state index in [1.54, 1.807) is 35.3 Å². The summed E-state index contributed by atoms with van der Waals surface area (Å²) in [6.07, 6.45) is 3.16. The second kappa shape index (κ2) is 5.93. The quantitative estimate of drug-likeness (QED) is 0.478. The van der Waals surface area contributed by atoms with Gasteiger partial charge in [0.1, 0.15) is 17.8 Å². The van der Waals surface area contributed by atoms with Gasteiger partial charge in [-0.1, -0.05) is 36.4 Å². The Bertz CT molecular complexity index is 1340. The molecule has 1 aliphatic heterocycles. The summed E-state index contributed by atoms with van der Waals surface area (Å²) in [5.41, 5.74) is 3.47. The van der Waals surface area contributed by atoms with E-state index in [2.05, 4.69) is 22.2 Å². The standard InChI is InChI=1S/C22H14N4O3/c27-14-8-9-15-17(11-14)29-22-19(18(15)13-5-2-1-3-6-13)21-24-20(16-7-4-10-28-16)25-26(21)12-23-22/h1-12,18,27H/t18-/m1/s1. The highest BCUT2D eigenvalue weighted by Crippen LogP contribution is 2.48. The average Bonchev–Trinajstić information content (AvgIpc) is 3.42. The molecule has 5 aromatic rings. The van der Waals surface area contributed by atoms with Gasteiger partial charge in [-0.05, 0) is 23.8 Å². The first-order chi connectivity index (χ1) is 14.3. The number of furan rings is 1. The van der Waals surface area contributed by atoms with Gasteiger partial charge in [-0.3, -0.25) is 0 Å². The number of rotatable bonds is 2. The fourth-order valence-corrected chi connectivity index (χ4v) is 3.81. The van der Waals surface area contributed by atoms with E-state index in [0.29, 0.717) is 28.9 Å². The van der Waals surface area contributed by atoms with E-state index in [-0.39, 0.29) is 11.7 Å². The normalized spacial score (nSPS) is 15.0. The highest BCUT2D eigenvalue weighted by molar-refractivity contribution is 5.67. The Hall–Kier alpha value is -4.13. The van der Waals surface area contributed by atoms with Crippen molar-refractivity contribution >= 4 is 5.65 Å². The van der Waals surface area contributed by atoms with Crippen molar-refractivity contribution in [3.63, 3.8) is 0 Å². The molecular formula is C22H14N4O3. The van der Waals surface area contributed by atoms with Crippen LogP contribution in [0.25, 0.3) is 17.2 Å². The van der Waals surface area contributed by atoms with Crippen LogP contribution in [0, 0.1) is 0 Å². The Morgan fingerprint density at radius 2 is 1.90 bits per heavy atom. The molecule has 7 nitrogen and oxygen atoms in total. The lowest BCUT2D eigenvalue weighted by Crippen LogP contribution is -2.14. The van der Waals surface area contributed by atoms with E-state index < -0.39 is 0 Å². The number of phenols is 1. The molecule has 0 saturated carbocycles. The molecular weight excluding hydrogens is 368 g/mol. The van der Waals surface area contributed by atoms with Crippen LogP contribution in [0.1, 0.15) is 22.6 Å². The summed E-state index contributed by atoms with van der Waals surface area (Å²) in [6, 6.07) is 18.9. The van der Waals surface area contributed by atoms with E-state index >= 15 is 0 Å². The number of aromatic nitrogens is 4. The molecule has 0 amide bonds. The number of hydrogen-bond acceptors (Lipinski definition) is 6. The molecule has 0 bridgehead atoms. The molecule has 0 unspecified atom stereocenters. The van der Waals surface area contributed by atoms with Gasteiger partial charge in [0.15, 0.2) is 11.4 Å². The molecule has 0 spiro atoms. The molecule has 140 valence electrons. The first kappa shape index (κ1) is 15.9. The number of hydrogen-bond donors (Lipinski definition) is 1. The fourth-order valence-electron chi connectivity index (χ4n) is 3.81. The van der Waals surface area contributed by atoms with Crippen molar-refractivity contribution in [2.75, 3.05) is 0 Å². The fraction of sp³-hybridized carbons (Fsp3) is 0.0455. The Morgan fingerprint density at radius 3 is 2.72 bits per heavy atom. The van der Waals surface area contributed by atoms with Gasteiger partial charge in [-0.15, -0.1) is 5.10 Å². The summed E-state index contributed by atoms with van der Waals surface area (Å²) in [7, 11) is 0. The average molecular weight is 382 g/mol. The number of aromatic hydroxyl groups is 1. The third-order valence-corrected chi connectivity index (χ3v) is 5.06. The monoisotopic (exact) mass is 382 g/mol. The number of benzene rings is 2. The van der Waals surface area contributed by atoms with Crippen LogP contribution in [0.2, 0.25) is 0 Å². The minimum Gasteiger partial charge on any atom is -0.508 e. The number of nitrogens with zero attached hydrogens (tertiary/aromatic N) is 4. The van der Waals surface area contributed by atoms with Gasteiger partial charge in [-0.25, -0.2) is 14.5 Å². The van der Waals surface area contributed by atoms with Crippen molar-refractivity contribution in [3.8, 4) is 29.0 Å². The van der Waals surface area contributed by atoms with Crippen LogP contribution >= 0.6 is 0 Å². The van der Waals surface area contributed by atoms with Gasteiger partial charge in [0.2, 0.25) is 11.7 Å². The molecule has 4 heterocycles. The molecule has 0 aliphatic carbocycles. The van der Waals surface area contributed by atoms with E-state index in [9.17, 15) is 5.11 Å². The SMILES string of the molecule is Oc1ccc2c(c1)Oc1ncn3nc(-c4ccco4)nc3c1[C@@H]2c1ccccc1. The summed E-state index contributed by atoms with van der Waals surface area (Å²) in [6.45, 7) is 0. The molecule has 0 saturated heterocycles. The molecule has 29 heavy (non-hydrogen) atoms. The summed E-state index contributed by atoms with van der Waals surface area (Å²) in [5.74, 6) is 2.06. The van der Waals surface area contributed by atoms with Crippen molar-refractivity contribution in [1.82, 2.24) is 19.6 Å². The number of phenolic OH excluding ortho intramolecular Hbond substituents is 1. The Kier molecular flexibility index (Phi) is 3.25. The molecule has 2 aromatic carbocycles. The van der Waals surface area contributed by atoms with E-state index in [1.807, 2.05) is 30.3 Å². The van der Waals surface area contributed by atoms with Crippen LogP contribution < -0.4 is 4.74 Å². The van der Waals surface area contributed by atoms with Gasteiger partial charge in [0.05, 0.1) is 11.8 Å². The zero-order valence-electron chi connectivity index (χ0n) is 15.1. The van der Waals surface area contributed by atoms with E-state index in [0.717, 1.165) is 16.7 Å². The van der Waals surface area contributed by atoms with Gasteiger partial charge in [0, 0.05) is 17.5 Å². The third-order valence-electron chi connectivity index (χ3n) is 5.06. The van der Waals surface area contributed by atoms with Gasteiger partial charge in [-0.2, -0.15) is 0 Å². The zero-order chi connectivity index (χ0) is 19.4. The summed E-state index contributed by atoms with van der Waals surface area (Å²) in [5, 5.41) is 14.5. The van der Waals surface area contributed by atoms with Crippen molar-refractivity contribution in [2.24, 2.45) is 0 Å². The predicted molar refractivity (Wildman–Crippen MR) is 104 cm³/mol. The highest BCUT2D eigenvalue weighted by Gasteiger charge is 2.33. The molecule has 1 atom stereocenters. The second-order valence-corrected chi connectivity index (χ2v) is 6.81. The molecule has 1 N–H and O–H groups in total. The van der Waals surface area contributed by atoms with Crippen LogP contribution in [-0.2, 0) is 0 Å². The molecule has 1 aliphatic rings. The third kappa shape index (κ3) is 2.41. The van der Waals surface area contributed by atoms with Crippen molar-refractivity contribution in [3.05, 3.63) is 89.9 Å². The van der Waals surface area contributed by atoms with Crippen LogP contribution in [0.15, 0.2) is 77.7 Å². The van der Waals surface area contributed by atoms with Crippen LogP contribution in [0.3, 0.4) is 0 Å². The summed E-state index contributed by atoms with van der Waals surface area (Å²) in [4.78, 5) is 9.20. The van der Waals surface area contributed by atoms with Crippen LogP contribution in [0.4, 0.5) is 0 Å². The lowest BCUT2D eigenvalue weighted by Gasteiger charge is -2.27. The van der Waals surface area contributed by atoms with Crippen molar-refractivity contribution in [1.29, 1.82) is 0 Å². The topological polar surface area (TPSA) is 85.7 Å². The minimum absolute atomic E-state index is 0.141. The molecule has 0 fully saturated rings. The molecule has 6 rings (SSSR count). The van der Waals surface area contributed by atoms with Gasteiger partial charge >= 0.3 is 0 Å². The first-order valence-corrected chi connectivity index (χ1v) is 9.13. The van der Waals surface area contributed by atoms with Gasteiger partial charge < -0.3 is 14.3 Å². The Morgan fingerprint density at radius 1 is 1.00 bits per heavy atom. The first-order valence-electron chi connectivity index (χ1n) is 9.13. The van der Waals surface area contributed by atoms with E-state index in [1.165, 1.54) is 0 Å². The van der Waals surface area contributed by atoms with Crippen molar-refractivity contribution < 1.29 is 14.3 Å². The Labute approximate surface area is 164 Å². The predicted octanol–water partition coefficient (Wildman–Crippen LogP) is 4.38. The molecule has 3 aromatic heterocycles. The maximum atomic E-state index is 9.94. The van der Waals surface area contributed by atoms with Crippen LogP contribution in [-0.4, -0.2) is 24.7 Å². The summed E-state index contributed by atoms with van der Waals surface area (Å²) < 4.78 is 13.1. The number of fused-ring (bicyclic) bond motifs is 4. The Balaban J connectivity index is 1.64. The largest absolute Gasteiger partial charge is 0.508 e. The number of ether oxygens (including phenoxy) is 1. The van der Waals surface area contributed by atoms with Crippen molar-refractivity contribution in [2.45, 2.75) is 5.92 Å². The maximum Gasteiger partial charge on any atom is 0.228 e. The molecule has 7 heteroatoms. The second-order valence-electron chi connectivity index (χ2n) is 6.81. The lowest BCUT2D eigenvalue weighted by molar-refractivity contribution is 0.422. The lowest BCUT2D eigenvalue weighted by atomic mass is 9.84. The van der Waals surface area contributed by atoms with Gasteiger partial charge in [0.25, 0.3) is 0 Å². The summed E-state index contributed by atoms with van der Waals surface area (Å²) >= 11 is 0. The zero-order valence-corrected chi connectivity index (χ0v) is 15.1. The minimum atomic E-state index is -0.166. The smallest absolute Gasteiger partial charge is 0.228 e. The van der Waals surface area contributed by atoms with Crippen LogP contribution in [0.5, 0.6) is 17.4 Å². The molecule has 0 radical (unpaired) electrons.